The van der Waals surface area contributed by atoms with Crippen molar-refractivity contribution in [3.05, 3.63) is 41.4 Å². The molecule has 1 saturated carbocycles. The van der Waals surface area contributed by atoms with Gasteiger partial charge in [0.15, 0.2) is 0 Å². The number of methoxy groups -OCH3 is 2. The number of hydrogen-bond donors (Lipinski definition) is 4. The summed E-state index contributed by atoms with van der Waals surface area (Å²) in [5.41, 5.74) is 3.20. The zero-order valence-electron chi connectivity index (χ0n) is 22.4. The van der Waals surface area contributed by atoms with Crippen molar-refractivity contribution >= 4 is 11.7 Å². The molecule has 206 valence electrons. The number of ether oxygens (including phenoxy) is 2. The van der Waals surface area contributed by atoms with Crippen LogP contribution in [-0.2, 0) is 9.47 Å². The Morgan fingerprint density at radius 2 is 1.86 bits per heavy atom. The number of likely N-dealkylation sites (tertiary alicyclic amines) is 1. The van der Waals surface area contributed by atoms with Crippen LogP contribution in [0.2, 0.25) is 0 Å². The van der Waals surface area contributed by atoms with Crippen LogP contribution in [0, 0.1) is 0 Å². The predicted octanol–water partition coefficient (Wildman–Crippen LogP) is 1.75. The van der Waals surface area contributed by atoms with Crippen LogP contribution >= 0.6 is 0 Å². The van der Waals surface area contributed by atoms with Crippen molar-refractivity contribution < 1.29 is 19.4 Å². The van der Waals surface area contributed by atoms with Gasteiger partial charge < -0.3 is 30.5 Å². The number of amides is 1. The maximum Gasteiger partial charge on any atom is 0.270 e. The van der Waals surface area contributed by atoms with Crippen LogP contribution in [0.1, 0.15) is 49.0 Å². The van der Waals surface area contributed by atoms with E-state index in [4.69, 9.17) is 9.47 Å². The third-order valence-corrected chi connectivity index (χ3v) is 6.74. The lowest BCUT2D eigenvalue weighted by molar-refractivity contribution is 0.0859. The molecule has 0 radical (unpaired) electrons. The summed E-state index contributed by atoms with van der Waals surface area (Å²) in [6.45, 7) is 5.96. The average Bonchev–Trinajstić information content (AvgIpc) is 2.90. The number of piperidine rings is 1. The van der Waals surface area contributed by atoms with Crippen molar-refractivity contribution in [2.75, 3.05) is 72.0 Å². The SMILES string of the molecule is COCCNCCOC.O=C(NCC(O)CN1CCC2=CCCC=C2C1)c1cc(NC2CCC2)ncn1. The van der Waals surface area contributed by atoms with Gasteiger partial charge in [0.25, 0.3) is 5.91 Å². The molecular weight excluding hydrogens is 472 g/mol. The smallest absolute Gasteiger partial charge is 0.270 e. The fourth-order valence-electron chi connectivity index (χ4n) is 4.42. The highest BCUT2D eigenvalue weighted by atomic mass is 16.5. The van der Waals surface area contributed by atoms with E-state index in [-0.39, 0.29) is 12.5 Å². The van der Waals surface area contributed by atoms with Crippen molar-refractivity contribution in [2.24, 2.45) is 0 Å². The topological polar surface area (TPSA) is 121 Å². The molecule has 1 saturated heterocycles. The van der Waals surface area contributed by atoms with E-state index in [1.165, 1.54) is 23.9 Å². The van der Waals surface area contributed by atoms with Crippen LogP contribution in [-0.4, -0.2) is 105 Å². The number of carbonyl (C=O) groups is 1. The van der Waals surface area contributed by atoms with Crippen LogP contribution in [0.15, 0.2) is 35.7 Å². The summed E-state index contributed by atoms with van der Waals surface area (Å²) in [5, 5.41) is 19.6. The predicted molar refractivity (Wildman–Crippen MR) is 145 cm³/mol. The molecule has 10 nitrogen and oxygen atoms in total. The summed E-state index contributed by atoms with van der Waals surface area (Å²) >= 11 is 0. The van der Waals surface area contributed by atoms with Gasteiger partial charge in [0.05, 0.1) is 19.3 Å². The summed E-state index contributed by atoms with van der Waals surface area (Å²) in [4.78, 5) is 22.9. The minimum atomic E-state index is -0.604. The Kier molecular flexibility index (Phi) is 13.0. The first kappa shape index (κ1) is 29.2. The highest BCUT2D eigenvalue weighted by molar-refractivity contribution is 5.92. The Hall–Kier alpha value is -2.37. The Morgan fingerprint density at radius 1 is 1.14 bits per heavy atom. The van der Waals surface area contributed by atoms with Crippen molar-refractivity contribution in [1.29, 1.82) is 0 Å². The average molecular weight is 517 g/mol. The molecule has 1 aromatic heterocycles. The third kappa shape index (κ3) is 10.5. The van der Waals surface area contributed by atoms with E-state index in [0.29, 0.717) is 24.1 Å². The number of rotatable bonds is 13. The van der Waals surface area contributed by atoms with E-state index in [2.05, 4.69) is 43.0 Å². The van der Waals surface area contributed by atoms with Gasteiger partial charge in [0, 0.05) is 65.6 Å². The number of anilines is 1. The second-order valence-corrected chi connectivity index (χ2v) is 9.68. The summed E-state index contributed by atoms with van der Waals surface area (Å²) in [6, 6.07) is 2.13. The molecule has 4 rings (SSSR count). The largest absolute Gasteiger partial charge is 0.390 e. The van der Waals surface area contributed by atoms with Crippen LogP contribution in [0.4, 0.5) is 5.82 Å². The minimum absolute atomic E-state index is 0.215. The number of allylic oxidation sites excluding steroid dienone is 2. The molecule has 3 aliphatic rings. The van der Waals surface area contributed by atoms with Gasteiger partial charge in [-0.3, -0.25) is 9.69 Å². The molecule has 2 aliphatic carbocycles. The van der Waals surface area contributed by atoms with E-state index in [9.17, 15) is 9.90 Å². The lowest BCUT2D eigenvalue weighted by Crippen LogP contribution is -2.43. The van der Waals surface area contributed by atoms with Crippen molar-refractivity contribution in [1.82, 2.24) is 25.5 Å². The molecule has 0 bridgehead atoms. The van der Waals surface area contributed by atoms with Crippen LogP contribution in [0.5, 0.6) is 0 Å². The quantitative estimate of drug-likeness (QED) is 0.291. The Morgan fingerprint density at radius 3 is 2.54 bits per heavy atom. The summed E-state index contributed by atoms with van der Waals surface area (Å²) < 4.78 is 9.64. The summed E-state index contributed by atoms with van der Waals surface area (Å²) in [6.07, 6.45) is 12.3. The second-order valence-electron chi connectivity index (χ2n) is 9.68. The highest BCUT2D eigenvalue weighted by Crippen LogP contribution is 2.27. The lowest BCUT2D eigenvalue weighted by atomic mass is 9.91. The number of β-amino-alcohol motifs (C(OH)–C–C–N with tert-alkyl or cyclic N) is 1. The molecule has 1 aliphatic heterocycles. The van der Waals surface area contributed by atoms with E-state index in [1.54, 1.807) is 20.3 Å². The molecule has 0 aromatic carbocycles. The maximum absolute atomic E-state index is 12.4. The first-order chi connectivity index (χ1) is 18.1. The fraction of sp³-hybridized carbons (Fsp3) is 0.667. The van der Waals surface area contributed by atoms with E-state index < -0.39 is 6.10 Å². The molecule has 10 heteroatoms. The van der Waals surface area contributed by atoms with Gasteiger partial charge in [-0.05, 0) is 49.7 Å². The lowest BCUT2D eigenvalue weighted by Gasteiger charge is -2.33. The zero-order chi connectivity index (χ0) is 26.3. The molecule has 1 amide bonds. The Balaban J connectivity index is 0.000000364. The van der Waals surface area contributed by atoms with Gasteiger partial charge in [-0.2, -0.15) is 0 Å². The van der Waals surface area contributed by atoms with E-state index in [1.807, 2.05) is 0 Å². The van der Waals surface area contributed by atoms with Crippen LogP contribution in [0.3, 0.4) is 0 Å². The molecular formula is C27H44N6O4. The van der Waals surface area contributed by atoms with Gasteiger partial charge in [-0.1, -0.05) is 12.2 Å². The van der Waals surface area contributed by atoms with Gasteiger partial charge in [0.1, 0.15) is 17.8 Å². The normalized spacial score (nSPS) is 18.4. The number of nitrogens with one attached hydrogen (secondary N) is 3. The number of fused-ring (bicyclic) bond motifs is 1. The van der Waals surface area contributed by atoms with Crippen molar-refractivity contribution in [3.8, 4) is 0 Å². The fourth-order valence-corrected chi connectivity index (χ4v) is 4.42. The van der Waals surface area contributed by atoms with Gasteiger partial charge in [0.2, 0.25) is 0 Å². The first-order valence-electron chi connectivity index (χ1n) is 13.4. The number of aliphatic hydroxyl groups is 1. The monoisotopic (exact) mass is 516 g/mol. The van der Waals surface area contributed by atoms with Gasteiger partial charge in [-0.15, -0.1) is 0 Å². The molecule has 2 fully saturated rings. The molecule has 4 N–H and O–H groups in total. The molecule has 2 heterocycles. The molecule has 0 spiro atoms. The van der Waals surface area contributed by atoms with Crippen LogP contribution in [0.25, 0.3) is 0 Å². The first-order valence-corrected chi connectivity index (χ1v) is 13.4. The van der Waals surface area contributed by atoms with Gasteiger partial charge >= 0.3 is 0 Å². The standard InChI is InChI=1S/C21H29N5O2.C6H15NO2/c27-18(13-26-9-8-15-4-1-2-5-16(15)12-26)11-22-21(28)19-10-20(24-14-23-19)25-17-6-3-7-17;1-8-5-3-7-4-6-9-2/h4-5,10,14,17-18,27H,1-3,6-9,11-13H2,(H,22,28)(H,23,24,25);7H,3-6H2,1-2H3. The zero-order valence-corrected chi connectivity index (χ0v) is 22.4. The molecule has 1 aromatic rings. The summed E-state index contributed by atoms with van der Waals surface area (Å²) in [5.74, 6) is 0.403. The third-order valence-electron chi connectivity index (χ3n) is 6.74. The molecule has 1 unspecified atom stereocenters. The molecule has 1 atom stereocenters. The Bertz CT molecular complexity index is 883. The number of carbonyl (C=O) groups excluding carboxylic acids is 1. The second kappa shape index (κ2) is 16.5. The number of aromatic nitrogens is 2. The summed E-state index contributed by atoms with van der Waals surface area (Å²) in [7, 11) is 3.38. The maximum atomic E-state index is 12.4. The Labute approximate surface area is 220 Å². The highest BCUT2D eigenvalue weighted by Gasteiger charge is 2.22. The number of nitrogens with zero attached hydrogens (tertiary/aromatic N) is 3. The molecule has 37 heavy (non-hydrogen) atoms. The van der Waals surface area contributed by atoms with Crippen molar-refractivity contribution in [2.45, 2.75) is 50.7 Å². The van der Waals surface area contributed by atoms with Crippen molar-refractivity contribution in [3.63, 3.8) is 0 Å². The minimum Gasteiger partial charge on any atom is -0.390 e. The van der Waals surface area contributed by atoms with Crippen LogP contribution < -0.4 is 16.0 Å². The van der Waals surface area contributed by atoms with E-state index >= 15 is 0 Å². The number of hydrogen-bond acceptors (Lipinski definition) is 9. The van der Waals surface area contributed by atoms with E-state index in [0.717, 1.165) is 71.5 Å². The van der Waals surface area contributed by atoms with Gasteiger partial charge in [-0.25, -0.2) is 9.97 Å². The number of aliphatic hydroxyl groups excluding tert-OH is 1.